The van der Waals surface area contributed by atoms with Crippen molar-refractivity contribution >= 4 is 22.1 Å². The fourth-order valence-corrected chi connectivity index (χ4v) is 2.91. The number of carbonyl (C=O) groups excluding carboxylic acids is 1. The summed E-state index contributed by atoms with van der Waals surface area (Å²) in [5, 5.41) is 0. The van der Waals surface area contributed by atoms with Crippen LogP contribution in [-0.2, 0) is 19.0 Å². The number of ether oxygens (including phenoxy) is 3. The largest absolute Gasteiger partial charge is 0.379 e. The zero-order valence-electron chi connectivity index (χ0n) is 14.4. The van der Waals surface area contributed by atoms with Gasteiger partial charge < -0.3 is 19.1 Å². The predicted octanol–water partition coefficient (Wildman–Crippen LogP) is 2.02. The van der Waals surface area contributed by atoms with Gasteiger partial charge in [-0.2, -0.15) is 0 Å². The van der Waals surface area contributed by atoms with Gasteiger partial charge in [0.05, 0.1) is 33.0 Å². The number of halogens is 1. The smallest absolute Gasteiger partial charge is 0.245 e. The second-order valence-corrected chi connectivity index (χ2v) is 6.92. The summed E-state index contributed by atoms with van der Waals surface area (Å²) in [5.74, 6) is 0.103. The van der Waals surface area contributed by atoms with Gasteiger partial charge in [0.15, 0.2) is 0 Å². The van der Waals surface area contributed by atoms with Crippen LogP contribution in [0.2, 0.25) is 0 Å². The summed E-state index contributed by atoms with van der Waals surface area (Å²) in [6.45, 7) is 13.9. The molecule has 0 aromatic heterocycles. The lowest BCUT2D eigenvalue weighted by Gasteiger charge is -2.35. The lowest BCUT2D eigenvalue weighted by Crippen LogP contribution is -2.47. The fourth-order valence-electron chi connectivity index (χ4n) is 2.57. The van der Waals surface area contributed by atoms with Gasteiger partial charge in [-0.15, -0.1) is 0 Å². The van der Waals surface area contributed by atoms with Gasteiger partial charge in [-0.25, -0.2) is 3.93 Å². The number of rotatable bonds is 10. The molecule has 1 saturated heterocycles. The van der Waals surface area contributed by atoms with Crippen LogP contribution >= 0.6 is 16.1 Å². The first-order valence-electron chi connectivity index (χ1n) is 7.77. The Balaban J connectivity index is 2.23. The molecule has 6 nitrogen and oxygen atoms in total. The highest BCUT2D eigenvalue weighted by Gasteiger charge is 2.55. The standard InChI is InChI=1S/C15H29BrN2O4/c1-6-20-9-10-22-12-11-21-8-7-17-13(19)14(2,3)18(16)15(17,4)5/h6-12H2,1-5H3. The normalized spacial score (nSPS) is 20.8. The monoisotopic (exact) mass is 380 g/mol. The second-order valence-electron chi connectivity index (χ2n) is 6.21. The summed E-state index contributed by atoms with van der Waals surface area (Å²) < 4.78 is 18.0. The third kappa shape index (κ3) is 4.64. The van der Waals surface area contributed by atoms with Crippen molar-refractivity contribution < 1.29 is 19.0 Å². The van der Waals surface area contributed by atoms with Crippen LogP contribution in [0, 0.1) is 0 Å². The molecule has 0 saturated carbocycles. The molecule has 7 heteroatoms. The van der Waals surface area contributed by atoms with Crippen LogP contribution in [0.5, 0.6) is 0 Å². The molecule has 0 aliphatic carbocycles. The van der Waals surface area contributed by atoms with Gasteiger partial charge in [-0.3, -0.25) is 4.79 Å². The van der Waals surface area contributed by atoms with E-state index in [4.69, 9.17) is 14.2 Å². The average Bonchev–Trinajstić information content (AvgIpc) is 2.57. The minimum Gasteiger partial charge on any atom is -0.379 e. The summed E-state index contributed by atoms with van der Waals surface area (Å²) in [4.78, 5) is 14.3. The van der Waals surface area contributed by atoms with Crippen LogP contribution in [0.1, 0.15) is 34.6 Å². The van der Waals surface area contributed by atoms with Crippen molar-refractivity contribution in [3.63, 3.8) is 0 Å². The Hall–Kier alpha value is -0.210. The van der Waals surface area contributed by atoms with E-state index in [2.05, 4.69) is 16.1 Å². The molecule has 0 atom stereocenters. The average molecular weight is 381 g/mol. The first-order valence-corrected chi connectivity index (χ1v) is 8.48. The molecule has 0 spiro atoms. The quantitative estimate of drug-likeness (QED) is 0.428. The van der Waals surface area contributed by atoms with E-state index in [9.17, 15) is 4.79 Å². The lowest BCUT2D eigenvalue weighted by atomic mass is 10.1. The molecule has 0 unspecified atom stereocenters. The molecule has 1 heterocycles. The first-order chi connectivity index (χ1) is 10.3. The predicted molar refractivity (Wildman–Crippen MR) is 88.8 cm³/mol. The molecule has 0 aromatic carbocycles. The van der Waals surface area contributed by atoms with Gasteiger partial charge in [-0.1, -0.05) is 0 Å². The summed E-state index contributed by atoms with van der Waals surface area (Å²) in [5.41, 5.74) is -0.927. The number of amides is 1. The Morgan fingerprint density at radius 2 is 1.45 bits per heavy atom. The van der Waals surface area contributed by atoms with Crippen LogP contribution in [0.25, 0.3) is 0 Å². The van der Waals surface area contributed by atoms with Crippen molar-refractivity contribution in [2.45, 2.75) is 45.8 Å². The van der Waals surface area contributed by atoms with Gasteiger partial charge in [0.25, 0.3) is 0 Å². The Morgan fingerprint density at radius 1 is 0.955 bits per heavy atom. The van der Waals surface area contributed by atoms with Gasteiger partial charge in [0.1, 0.15) is 11.2 Å². The summed E-state index contributed by atoms with van der Waals surface area (Å²) in [6.07, 6.45) is 0. The third-order valence-corrected chi connectivity index (χ3v) is 5.56. The highest BCUT2D eigenvalue weighted by molar-refractivity contribution is 9.07. The minimum atomic E-state index is -0.550. The SMILES string of the molecule is CCOCCOCCOCCN1C(=O)C(C)(C)N(Br)C1(C)C. The van der Waals surface area contributed by atoms with Gasteiger partial charge >= 0.3 is 0 Å². The van der Waals surface area contributed by atoms with E-state index in [1.807, 2.05) is 43.4 Å². The van der Waals surface area contributed by atoms with E-state index >= 15 is 0 Å². The van der Waals surface area contributed by atoms with E-state index in [1.54, 1.807) is 0 Å². The molecule has 0 N–H and O–H groups in total. The second kappa shape index (κ2) is 8.59. The molecule has 1 fully saturated rings. The zero-order chi connectivity index (χ0) is 16.8. The molecule has 22 heavy (non-hydrogen) atoms. The van der Waals surface area contributed by atoms with Crippen molar-refractivity contribution in [2.75, 3.05) is 46.2 Å². The summed E-state index contributed by atoms with van der Waals surface area (Å²) in [6, 6.07) is 0. The highest BCUT2D eigenvalue weighted by atomic mass is 79.9. The van der Waals surface area contributed by atoms with Gasteiger partial charge in [-0.05, 0) is 34.6 Å². The molecule has 1 amide bonds. The maximum atomic E-state index is 12.5. The van der Waals surface area contributed by atoms with Crippen LogP contribution < -0.4 is 0 Å². The van der Waals surface area contributed by atoms with Crippen LogP contribution in [-0.4, -0.2) is 72.1 Å². The van der Waals surface area contributed by atoms with Crippen LogP contribution in [0.3, 0.4) is 0 Å². The molecule has 1 aliphatic heterocycles. The van der Waals surface area contributed by atoms with Crippen LogP contribution in [0.15, 0.2) is 0 Å². The Bertz CT molecular complexity index is 363. The Kier molecular flexibility index (Phi) is 7.74. The Morgan fingerprint density at radius 3 is 1.91 bits per heavy atom. The topological polar surface area (TPSA) is 51.2 Å². The first kappa shape index (κ1) is 19.8. The molecule has 0 bridgehead atoms. The molecular weight excluding hydrogens is 352 g/mol. The molecular formula is C15H29BrN2O4. The number of nitrogens with zero attached hydrogens (tertiary/aromatic N) is 2. The maximum absolute atomic E-state index is 12.5. The zero-order valence-corrected chi connectivity index (χ0v) is 15.9. The van der Waals surface area contributed by atoms with Crippen molar-refractivity contribution in [2.24, 2.45) is 0 Å². The van der Waals surface area contributed by atoms with Crippen molar-refractivity contribution in [3.05, 3.63) is 0 Å². The third-order valence-electron chi connectivity index (χ3n) is 3.81. The number of carbonyl (C=O) groups is 1. The molecule has 130 valence electrons. The minimum absolute atomic E-state index is 0.103. The Labute approximate surface area is 142 Å². The maximum Gasteiger partial charge on any atom is 0.245 e. The van der Waals surface area contributed by atoms with Gasteiger partial charge in [0, 0.05) is 29.3 Å². The van der Waals surface area contributed by atoms with E-state index in [0.717, 1.165) is 0 Å². The molecule has 0 radical (unpaired) electrons. The van der Waals surface area contributed by atoms with E-state index < -0.39 is 5.54 Å². The molecule has 1 rings (SSSR count). The van der Waals surface area contributed by atoms with Crippen LogP contribution in [0.4, 0.5) is 0 Å². The van der Waals surface area contributed by atoms with Crippen molar-refractivity contribution in [3.8, 4) is 0 Å². The fraction of sp³-hybridized carbons (Fsp3) is 0.933. The number of hydrogen-bond acceptors (Lipinski definition) is 5. The van der Waals surface area contributed by atoms with E-state index in [-0.39, 0.29) is 11.6 Å². The highest BCUT2D eigenvalue weighted by Crippen LogP contribution is 2.40. The van der Waals surface area contributed by atoms with Crippen molar-refractivity contribution in [1.82, 2.24) is 8.83 Å². The number of hydrogen-bond donors (Lipinski definition) is 0. The summed E-state index contributed by atoms with van der Waals surface area (Å²) in [7, 11) is 0. The molecule has 1 aliphatic rings. The summed E-state index contributed by atoms with van der Waals surface area (Å²) >= 11 is 3.52. The van der Waals surface area contributed by atoms with Crippen molar-refractivity contribution in [1.29, 1.82) is 0 Å². The van der Waals surface area contributed by atoms with Gasteiger partial charge in [0.2, 0.25) is 5.91 Å². The molecule has 0 aromatic rings. The lowest BCUT2D eigenvalue weighted by molar-refractivity contribution is -0.134. The van der Waals surface area contributed by atoms with E-state index in [1.165, 1.54) is 0 Å². The van der Waals surface area contributed by atoms with E-state index in [0.29, 0.717) is 46.2 Å².